The standard InChI is InChI=1S/C18H16BrN/c19-17-7-6-15-8-9-20(18(15)11-17)12-13-4-5-14-2-1-3-16(14)10-13/h4-11H,1-3,12H2. The van der Waals surface area contributed by atoms with E-state index in [9.17, 15) is 0 Å². The van der Waals surface area contributed by atoms with Crippen molar-refractivity contribution in [1.82, 2.24) is 4.57 Å². The minimum absolute atomic E-state index is 0.952. The first kappa shape index (κ1) is 12.2. The Kier molecular flexibility index (Phi) is 2.92. The Labute approximate surface area is 127 Å². The molecule has 0 radical (unpaired) electrons. The van der Waals surface area contributed by atoms with Gasteiger partial charge < -0.3 is 4.57 Å². The molecule has 100 valence electrons. The number of aryl methyl sites for hydroxylation is 2. The fraction of sp³-hybridized carbons (Fsp3) is 0.222. The molecule has 1 aliphatic rings. The van der Waals surface area contributed by atoms with E-state index in [1.165, 1.54) is 35.7 Å². The molecule has 1 aliphatic carbocycles. The van der Waals surface area contributed by atoms with Gasteiger partial charge in [-0.25, -0.2) is 0 Å². The van der Waals surface area contributed by atoms with E-state index in [1.54, 1.807) is 11.1 Å². The monoisotopic (exact) mass is 325 g/mol. The van der Waals surface area contributed by atoms with Crippen molar-refractivity contribution < 1.29 is 0 Å². The Bertz CT molecular complexity index is 785. The fourth-order valence-electron chi connectivity index (χ4n) is 3.22. The van der Waals surface area contributed by atoms with Gasteiger partial charge in [0.25, 0.3) is 0 Å². The zero-order chi connectivity index (χ0) is 13.5. The van der Waals surface area contributed by atoms with Gasteiger partial charge in [-0.1, -0.05) is 40.2 Å². The molecule has 0 amide bonds. The summed E-state index contributed by atoms with van der Waals surface area (Å²) in [6, 6.07) is 15.7. The predicted molar refractivity (Wildman–Crippen MR) is 87.2 cm³/mol. The molecule has 0 atom stereocenters. The molecule has 0 aliphatic heterocycles. The molecule has 2 heteroatoms. The molecule has 20 heavy (non-hydrogen) atoms. The number of aromatic nitrogens is 1. The normalized spacial score (nSPS) is 13.8. The largest absolute Gasteiger partial charge is 0.343 e. The summed E-state index contributed by atoms with van der Waals surface area (Å²) in [7, 11) is 0. The lowest BCUT2D eigenvalue weighted by atomic mass is 10.1. The van der Waals surface area contributed by atoms with Crippen LogP contribution >= 0.6 is 15.9 Å². The second-order valence-corrected chi connectivity index (χ2v) is 6.52. The average Bonchev–Trinajstić information content (AvgIpc) is 3.05. The van der Waals surface area contributed by atoms with Gasteiger partial charge in [-0.05, 0) is 59.5 Å². The van der Waals surface area contributed by atoms with Gasteiger partial charge in [-0.3, -0.25) is 0 Å². The van der Waals surface area contributed by atoms with Crippen molar-refractivity contribution in [2.24, 2.45) is 0 Å². The first-order valence-corrected chi connectivity index (χ1v) is 7.94. The number of benzene rings is 2. The highest BCUT2D eigenvalue weighted by Gasteiger charge is 2.11. The van der Waals surface area contributed by atoms with E-state index in [0.717, 1.165) is 11.0 Å². The summed E-state index contributed by atoms with van der Waals surface area (Å²) in [4.78, 5) is 0. The summed E-state index contributed by atoms with van der Waals surface area (Å²) >= 11 is 3.56. The van der Waals surface area contributed by atoms with Crippen LogP contribution in [0.5, 0.6) is 0 Å². The van der Waals surface area contributed by atoms with E-state index in [-0.39, 0.29) is 0 Å². The van der Waals surface area contributed by atoms with Crippen molar-refractivity contribution in [1.29, 1.82) is 0 Å². The highest BCUT2D eigenvalue weighted by molar-refractivity contribution is 9.10. The first-order chi connectivity index (χ1) is 9.79. The van der Waals surface area contributed by atoms with Gasteiger partial charge in [0.2, 0.25) is 0 Å². The first-order valence-electron chi connectivity index (χ1n) is 7.15. The average molecular weight is 326 g/mol. The minimum atomic E-state index is 0.952. The van der Waals surface area contributed by atoms with Gasteiger partial charge in [-0.15, -0.1) is 0 Å². The van der Waals surface area contributed by atoms with Crippen LogP contribution in [0.2, 0.25) is 0 Å². The van der Waals surface area contributed by atoms with Gasteiger partial charge >= 0.3 is 0 Å². The number of hydrogen-bond acceptors (Lipinski definition) is 0. The van der Waals surface area contributed by atoms with Crippen LogP contribution in [0.25, 0.3) is 10.9 Å². The Morgan fingerprint density at radius 1 is 0.950 bits per heavy atom. The molecule has 3 aromatic rings. The summed E-state index contributed by atoms with van der Waals surface area (Å²) in [6.07, 6.45) is 6.01. The van der Waals surface area contributed by atoms with Crippen molar-refractivity contribution in [3.05, 3.63) is 69.8 Å². The molecule has 0 saturated heterocycles. The van der Waals surface area contributed by atoms with Crippen LogP contribution in [0.15, 0.2) is 53.1 Å². The topological polar surface area (TPSA) is 4.93 Å². The summed E-state index contributed by atoms with van der Waals surface area (Å²) in [5.74, 6) is 0. The Morgan fingerprint density at radius 2 is 1.85 bits per heavy atom. The van der Waals surface area contributed by atoms with E-state index in [4.69, 9.17) is 0 Å². The molecule has 0 bridgehead atoms. The maximum atomic E-state index is 3.56. The molecule has 0 N–H and O–H groups in total. The van der Waals surface area contributed by atoms with Crippen molar-refractivity contribution >= 4 is 26.8 Å². The molecular formula is C18H16BrN. The van der Waals surface area contributed by atoms with Crippen molar-refractivity contribution in [3.63, 3.8) is 0 Å². The highest BCUT2D eigenvalue weighted by Crippen LogP contribution is 2.25. The lowest BCUT2D eigenvalue weighted by molar-refractivity contribution is 0.834. The van der Waals surface area contributed by atoms with Crippen LogP contribution in [-0.4, -0.2) is 4.57 Å². The molecule has 0 fully saturated rings. The maximum absolute atomic E-state index is 3.56. The lowest BCUT2D eigenvalue weighted by Gasteiger charge is -2.08. The van der Waals surface area contributed by atoms with Crippen LogP contribution in [0.3, 0.4) is 0 Å². The number of fused-ring (bicyclic) bond motifs is 2. The molecule has 0 saturated carbocycles. The zero-order valence-corrected chi connectivity index (χ0v) is 12.9. The number of hydrogen-bond donors (Lipinski definition) is 0. The second-order valence-electron chi connectivity index (χ2n) is 5.60. The summed E-state index contributed by atoms with van der Waals surface area (Å²) < 4.78 is 3.47. The third kappa shape index (κ3) is 2.08. The van der Waals surface area contributed by atoms with Crippen molar-refractivity contribution in [2.45, 2.75) is 25.8 Å². The summed E-state index contributed by atoms with van der Waals surface area (Å²) in [6.45, 7) is 0.952. The molecule has 4 rings (SSSR count). The Balaban J connectivity index is 1.72. The number of nitrogens with zero attached hydrogens (tertiary/aromatic N) is 1. The van der Waals surface area contributed by atoms with Gasteiger partial charge in [0.05, 0.1) is 0 Å². The van der Waals surface area contributed by atoms with Gasteiger partial charge in [0, 0.05) is 22.7 Å². The maximum Gasteiger partial charge on any atom is 0.0494 e. The van der Waals surface area contributed by atoms with Crippen LogP contribution in [-0.2, 0) is 19.4 Å². The van der Waals surface area contributed by atoms with E-state index < -0.39 is 0 Å². The quantitative estimate of drug-likeness (QED) is 0.628. The smallest absolute Gasteiger partial charge is 0.0494 e. The van der Waals surface area contributed by atoms with Crippen molar-refractivity contribution in [2.75, 3.05) is 0 Å². The van der Waals surface area contributed by atoms with Crippen LogP contribution in [0.1, 0.15) is 23.1 Å². The number of rotatable bonds is 2. The highest BCUT2D eigenvalue weighted by atomic mass is 79.9. The van der Waals surface area contributed by atoms with E-state index in [2.05, 4.69) is 69.2 Å². The second kappa shape index (κ2) is 4.78. The fourth-order valence-corrected chi connectivity index (χ4v) is 3.56. The van der Waals surface area contributed by atoms with Crippen LogP contribution in [0, 0.1) is 0 Å². The zero-order valence-electron chi connectivity index (χ0n) is 11.3. The molecule has 0 unspecified atom stereocenters. The van der Waals surface area contributed by atoms with E-state index in [1.807, 2.05) is 0 Å². The van der Waals surface area contributed by atoms with E-state index >= 15 is 0 Å². The Hall–Kier alpha value is -1.54. The third-order valence-electron chi connectivity index (χ3n) is 4.25. The molecule has 1 heterocycles. The van der Waals surface area contributed by atoms with Crippen LogP contribution in [0.4, 0.5) is 0 Å². The molecule has 0 spiro atoms. The van der Waals surface area contributed by atoms with Gasteiger partial charge in [-0.2, -0.15) is 0 Å². The van der Waals surface area contributed by atoms with Gasteiger partial charge in [0.1, 0.15) is 0 Å². The lowest BCUT2D eigenvalue weighted by Crippen LogP contribution is -1.98. The Morgan fingerprint density at radius 3 is 2.80 bits per heavy atom. The van der Waals surface area contributed by atoms with Gasteiger partial charge in [0.15, 0.2) is 0 Å². The molecular weight excluding hydrogens is 310 g/mol. The predicted octanol–water partition coefficient (Wildman–Crippen LogP) is 4.94. The van der Waals surface area contributed by atoms with Crippen molar-refractivity contribution in [3.8, 4) is 0 Å². The number of halogens is 1. The molecule has 2 aromatic carbocycles. The van der Waals surface area contributed by atoms with Crippen LogP contribution < -0.4 is 0 Å². The minimum Gasteiger partial charge on any atom is -0.343 e. The molecule has 1 nitrogen and oxygen atoms in total. The van der Waals surface area contributed by atoms with E-state index in [0.29, 0.717) is 0 Å². The SMILES string of the molecule is Brc1ccc2ccn(Cc3ccc4c(c3)CCC4)c2c1. The summed E-state index contributed by atoms with van der Waals surface area (Å²) in [5.41, 5.74) is 5.80. The third-order valence-corrected chi connectivity index (χ3v) is 4.75. The molecule has 1 aromatic heterocycles. The summed E-state index contributed by atoms with van der Waals surface area (Å²) in [5, 5.41) is 1.30.